The van der Waals surface area contributed by atoms with Gasteiger partial charge in [-0.2, -0.15) is 0 Å². The van der Waals surface area contributed by atoms with Crippen LogP contribution >= 0.6 is 0 Å². The number of rotatable bonds is 7. The molecule has 1 rings (SSSR count). The predicted octanol–water partition coefficient (Wildman–Crippen LogP) is 0.749. The molecule has 1 heterocycles. The van der Waals surface area contributed by atoms with E-state index in [2.05, 4.69) is 24.5 Å². The summed E-state index contributed by atoms with van der Waals surface area (Å²) in [7, 11) is 0. The van der Waals surface area contributed by atoms with E-state index in [1.165, 1.54) is 0 Å². The summed E-state index contributed by atoms with van der Waals surface area (Å²) in [5.41, 5.74) is 0. The van der Waals surface area contributed by atoms with E-state index in [0.717, 1.165) is 32.4 Å². The van der Waals surface area contributed by atoms with Crippen molar-refractivity contribution < 1.29 is 9.59 Å². The van der Waals surface area contributed by atoms with Gasteiger partial charge < -0.3 is 10.2 Å². The number of carbonyl (C=O) groups is 2. The minimum Gasteiger partial charge on any atom is -0.355 e. The Balaban J connectivity index is 2.16. The van der Waals surface area contributed by atoms with Crippen LogP contribution in [0.5, 0.6) is 0 Å². The molecule has 1 unspecified atom stereocenters. The van der Waals surface area contributed by atoms with Crippen molar-refractivity contribution in [1.29, 1.82) is 0 Å². The highest BCUT2D eigenvalue weighted by molar-refractivity contribution is 5.83. The molecule has 2 N–H and O–H groups in total. The van der Waals surface area contributed by atoms with Crippen LogP contribution in [0.15, 0.2) is 0 Å². The minimum atomic E-state index is -0.283. The maximum absolute atomic E-state index is 12.0. The summed E-state index contributed by atoms with van der Waals surface area (Å²) in [6, 6.07) is -0.283. The Morgan fingerprint density at radius 2 is 1.79 bits per heavy atom. The lowest BCUT2D eigenvalue weighted by molar-refractivity contribution is -0.132. The highest BCUT2D eigenvalue weighted by Gasteiger charge is 2.23. The molecule has 0 aromatic rings. The van der Waals surface area contributed by atoms with E-state index in [1.54, 1.807) is 0 Å². The van der Waals surface area contributed by atoms with Crippen LogP contribution in [0.4, 0.5) is 0 Å². The monoisotopic (exact) mass is 269 g/mol. The zero-order valence-corrected chi connectivity index (χ0v) is 12.4. The first-order chi connectivity index (χ1) is 9.00. The smallest absolute Gasteiger partial charge is 0.239 e. The molecule has 1 atom stereocenters. The maximum atomic E-state index is 12.0. The van der Waals surface area contributed by atoms with Crippen molar-refractivity contribution >= 4 is 11.8 Å². The molecule has 110 valence electrons. The van der Waals surface area contributed by atoms with Gasteiger partial charge in [0.1, 0.15) is 0 Å². The fourth-order valence-electron chi connectivity index (χ4n) is 2.11. The predicted molar refractivity (Wildman–Crippen MR) is 75.7 cm³/mol. The first-order valence-electron chi connectivity index (χ1n) is 7.29. The SMILES string of the molecule is CC(C)CCNC(=O)CNC(C)C(=O)N1CCCC1. The molecular weight excluding hydrogens is 242 g/mol. The zero-order chi connectivity index (χ0) is 14.3. The lowest BCUT2D eigenvalue weighted by Gasteiger charge is -2.21. The van der Waals surface area contributed by atoms with Gasteiger partial charge in [0.25, 0.3) is 0 Å². The van der Waals surface area contributed by atoms with Gasteiger partial charge in [0.05, 0.1) is 12.6 Å². The van der Waals surface area contributed by atoms with Crippen molar-refractivity contribution in [2.45, 2.75) is 46.1 Å². The van der Waals surface area contributed by atoms with Gasteiger partial charge in [-0.3, -0.25) is 14.9 Å². The Morgan fingerprint density at radius 3 is 2.37 bits per heavy atom. The molecular formula is C14H27N3O2. The topological polar surface area (TPSA) is 61.4 Å². The number of hydrogen-bond donors (Lipinski definition) is 2. The number of carbonyl (C=O) groups excluding carboxylic acids is 2. The first kappa shape index (κ1) is 16.0. The van der Waals surface area contributed by atoms with Crippen LogP contribution < -0.4 is 10.6 Å². The summed E-state index contributed by atoms with van der Waals surface area (Å²) in [4.78, 5) is 25.4. The van der Waals surface area contributed by atoms with Crippen molar-refractivity contribution in [1.82, 2.24) is 15.5 Å². The molecule has 1 aliphatic heterocycles. The van der Waals surface area contributed by atoms with E-state index in [4.69, 9.17) is 0 Å². The number of nitrogens with zero attached hydrogens (tertiary/aromatic N) is 1. The quantitative estimate of drug-likeness (QED) is 0.717. The van der Waals surface area contributed by atoms with Gasteiger partial charge in [0.2, 0.25) is 11.8 Å². The molecule has 0 bridgehead atoms. The molecule has 0 aromatic heterocycles. The Morgan fingerprint density at radius 1 is 1.16 bits per heavy atom. The third-order valence-corrected chi connectivity index (χ3v) is 3.40. The summed E-state index contributed by atoms with van der Waals surface area (Å²) in [5, 5.41) is 5.85. The highest BCUT2D eigenvalue weighted by Crippen LogP contribution is 2.08. The summed E-state index contributed by atoms with van der Waals surface area (Å²) in [5.74, 6) is 0.651. The second-order valence-electron chi connectivity index (χ2n) is 5.67. The van der Waals surface area contributed by atoms with Gasteiger partial charge in [-0.25, -0.2) is 0 Å². The van der Waals surface area contributed by atoms with Crippen LogP contribution in [0.25, 0.3) is 0 Å². The highest BCUT2D eigenvalue weighted by atomic mass is 16.2. The van der Waals surface area contributed by atoms with Gasteiger partial charge in [0, 0.05) is 19.6 Å². The summed E-state index contributed by atoms with van der Waals surface area (Å²) in [6.07, 6.45) is 3.16. The van der Waals surface area contributed by atoms with E-state index < -0.39 is 0 Å². The normalized spacial score (nSPS) is 16.7. The lowest BCUT2D eigenvalue weighted by Crippen LogP contribution is -2.47. The Kier molecular flexibility index (Phi) is 6.84. The molecule has 1 saturated heterocycles. The van der Waals surface area contributed by atoms with Crippen LogP contribution in [0.2, 0.25) is 0 Å². The van der Waals surface area contributed by atoms with E-state index in [-0.39, 0.29) is 24.4 Å². The van der Waals surface area contributed by atoms with Crippen molar-refractivity contribution in [3.63, 3.8) is 0 Å². The molecule has 0 aromatic carbocycles. The molecule has 0 aliphatic carbocycles. The van der Waals surface area contributed by atoms with Crippen LogP contribution in [0.1, 0.15) is 40.0 Å². The molecule has 2 amide bonds. The van der Waals surface area contributed by atoms with Gasteiger partial charge in [0.15, 0.2) is 0 Å². The van der Waals surface area contributed by atoms with E-state index >= 15 is 0 Å². The molecule has 5 heteroatoms. The average molecular weight is 269 g/mol. The average Bonchev–Trinajstić information content (AvgIpc) is 2.88. The van der Waals surface area contributed by atoms with Crippen LogP contribution in [0.3, 0.4) is 0 Å². The Hall–Kier alpha value is -1.10. The fraction of sp³-hybridized carbons (Fsp3) is 0.857. The van der Waals surface area contributed by atoms with Gasteiger partial charge >= 0.3 is 0 Å². The molecule has 1 fully saturated rings. The maximum Gasteiger partial charge on any atom is 0.239 e. The molecule has 1 aliphatic rings. The van der Waals surface area contributed by atoms with E-state index in [9.17, 15) is 9.59 Å². The van der Waals surface area contributed by atoms with Crippen molar-refractivity contribution in [3.8, 4) is 0 Å². The van der Waals surface area contributed by atoms with Crippen LogP contribution in [-0.4, -0.2) is 48.9 Å². The number of hydrogen-bond acceptors (Lipinski definition) is 3. The molecule has 19 heavy (non-hydrogen) atoms. The third kappa shape index (κ3) is 6.05. The van der Waals surface area contributed by atoms with Crippen LogP contribution in [0, 0.1) is 5.92 Å². The molecule has 5 nitrogen and oxygen atoms in total. The van der Waals surface area contributed by atoms with E-state index in [0.29, 0.717) is 12.5 Å². The van der Waals surface area contributed by atoms with Crippen molar-refractivity contribution in [2.24, 2.45) is 5.92 Å². The molecule has 0 spiro atoms. The summed E-state index contributed by atoms with van der Waals surface area (Å²) < 4.78 is 0. The van der Waals surface area contributed by atoms with Crippen molar-refractivity contribution in [3.05, 3.63) is 0 Å². The number of likely N-dealkylation sites (tertiary alicyclic amines) is 1. The standard InChI is InChI=1S/C14H27N3O2/c1-11(2)6-7-15-13(18)10-16-12(3)14(19)17-8-4-5-9-17/h11-12,16H,4-10H2,1-3H3,(H,15,18). The minimum absolute atomic E-state index is 0.0401. The molecule has 0 saturated carbocycles. The van der Waals surface area contributed by atoms with Gasteiger partial charge in [-0.05, 0) is 32.1 Å². The number of nitrogens with one attached hydrogen (secondary N) is 2. The van der Waals surface area contributed by atoms with Crippen molar-refractivity contribution in [2.75, 3.05) is 26.2 Å². The first-order valence-corrected chi connectivity index (χ1v) is 7.29. The fourth-order valence-corrected chi connectivity index (χ4v) is 2.11. The molecule has 0 radical (unpaired) electrons. The zero-order valence-electron chi connectivity index (χ0n) is 12.4. The second kappa shape index (κ2) is 8.15. The number of amides is 2. The summed E-state index contributed by atoms with van der Waals surface area (Å²) >= 11 is 0. The lowest BCUT2D eigenvalue weighted by atomic mass is 10.1. The second-order valence-corrected chi connectivity index (χ2v) is 5.67. The Bertz CT molecular complexity index is 299. The van der Waals surface area contributed by atoms with Gasteiger partial charge in [-0.1, -0.05) is 13.8 Å². The third-order valence-electron chi connectivity index (χ3n) is 3.40. The van der Waals surface area contributed by atoms with Gasteiger partial charge in [-0.15, -0.1) is 0 Å². The van der Waals surface area contributed by atoms with E-state index in [1.807, 2.05) is 11.8 Å². The summed E-state index contributed by atoms with van der Waals surface area (Å²) in [6.45, 7) is 8.69. The van der Waals surface area contributed by atoms with Crippen LogP contribution in [-0.2, 0) is 9.59 Å². The Labute approximate surface area is 116 Å². The largest absolute Gasteiger partial charge is 0.355 e.